The van der Waals surface area contributed by atoms with E-state index in [4.69, 9.17) is 4.42 Å². The Bertz CT molecular complexity index is 800. The van der Waals surface area contributed by atoms with Crippen LogP contribution in [0.4, 0.5) is 0 Å². The molecule has 1 aromatic carbocycles. The van der Waals surface area contributed by atoms with E-state index in [0.717, 1.165) is 45.4 Å². The zero-order valence-electron chi connectivity index (χ0n) is 13.2. The maximum absolute atomic E-state index is 12.7. The van der Waals surface area contributed by atoms with Gasteiger partial charge in [-0.3, -0.25) is 4.79 Å². The third-order valence-corrected chi connectivity index (χ3v) is 7.15. The van der Waals surface area contributed by atoms with Crippen molar-refractivity contribution < 1.29 is 4.42 Å². The van der Waals surface area contributed by atoms with E-state index in [1.807, 2.05) is 24.3 Å². The Kier molecular flexibility index (Phi) is 3.07. The van der Waals surface area contributed by atoms with Crippen LogP contribution in [0.3, 0.4) is 0 Å². The van der Waals surface area contributed by atoms with Crippen LogP contribution in [0, 0.1) is 17.8 Å². The smallest absolute Gasteiger partial charge is 0.192 e. The summed E-state index contributed by atoms with van der Waals surface area (Å²) in [4.78, 5) is 12.7. The van der Waals surface area contributed by atoms with Gasteiger partial charge in [0.05, 0.1) is 5.39 Å². The van der Waals surface area contributed by atoms with Crippen LogP contribution in [-0.4, -0.2) is 0 Å². The Labute approximate surface area is 144 Å². The van der Waals surface area contributed by atoms with Gasteiger partial charge in [-0.05, 0) is 74.0 Å². The quantitative estimate of drug-likeness (QED) is 0.681. The molecule has 6 rings (SSSR count). The summed E-state index contributed by atoms with van der Waals surface area (Å²) in [6, 6.07) is 7.79. The van der Waals surface area contributed by atoms with Crippen molar-refractivity contribution in [1.29, 1.82) is 0 Å². The lowest BCUT2D eigenvalue weighted by Crippen LogP contribution is -2.48. The van der Waals surface area contributed by atoms with Gasteiger partial charge in [-0.1, -0.05) is 22.0 Å². The molecule has 4 saturated carbocycles. The van der Waals surface area contributed by atoms with Crippen molar-refractivity contribution in [2.24, 2.45) is 17.8 Å². The molecule has 4 bridgehead atoms. The van der Waals surface area contributed by atoms with E-state index in [0.29, 0.717) is 0 Å². The van der Waals surface area contributed by atoms with Gasteiger partial charge in [-0.2, -0.15) is 0 Å². The molecule has 4 aliphatic carbocycles. The molecule has 0 atom stereocenters. The summed E-state index contributed by atoms with van der Waals surface area (Å²) in [5.41, 5.74) is 2.15. The number of hydrogen-bond donors (Lipinski definition) is 0. The standard InChI is InChI=1S/C20H21BrO2/c21-11-12-1-2-18-16(6-12)17(22)7-19(23-18)20-8-13-3-14(9-20)5-15(4-13)10-20/h1-2,6-7,13-15H,3-5,8-11H2. The van der Waals surface area contributed by atoms with E-state index < -0.39 is 0 Å². The second-order valence-corrected chi connectivity index (χ2v) is 8.70. The summed E-state index contributed by atoms with van der Waals surface area (Å²) >= 11 is 3.46. The fraction of sp³-hybridized carbons (Fsp3) is 0.550. The minimum Gasteiger partial charge on any atom is -0.460 e. The van der Waals surface area contributed by atoms with Gasteiger partial charge in [-0.15, -0.1) is 0 Å². The first-order valence-corrected chi connectivity index (χ1v) is 9.90. The number of halogens is 1. The van der Waals surface area contributed by atoms with Crippen LogP contribution < -0.4 is 5.43 Å². The van der Waals surface area contributed by atoms with Gasteiger partial charge in [0.25, 0.3) is 0 Å². The molecule has 4 fully saturated rings. The third-order valence-electron chi connectivity index (χ3n) is 6.51. The maximum atomic E-state index is 12.7. The first kappa shape index (κ1) is 14.3. The zero-order valence-corrected chi connectivity index (χ0v) is 14.8. The van der Waals surface area contributed by atoms with E-state index in [2.05, 4.69) is 15.9 Å². The SMILES string of the molecule is O=c1cc(C23CC4CC(CC(C4)C2)C3)oc2ccc(CBr)cc12. The average Bonchev–Trinajstić information content (AvgIpc) is 2.53. The Morgan fingerprint density at radius 1 is 1.04 bits per heavy atom. The van der Waals surface area contributed by atoms with Crippen LogP contribution in [0.25, 0.3) is 11.0 Å². The number of hydrogen-bond acceptors (Lipinski definition) is 2. The summed E-state index contributed by atoms with van der Waals surface area (Å²) in [6.45, 7) is 0. The van der Waals surface area contributed by atoms with Crippen LogP contribution in [0.1, 0.15) is 49.8 Å². The number of fused-ring (bicyclic) bond motifs is 1. The normalized spacial score (nSPS) is 35.1. The summed E-state index contributed by atoms with van der Waals surface area (Å²) in [6.07, 6.45) is 7.91. The minimum absolute atomic E-state index is 0.125. The molecule has 4 aliphatic rings. The summed E-state index contributed by atoms with van der Waals surface area (Å²) in [7, 11) is 0. The van der Waals surface area contributed by atoms with Gasteiger partial charge < -0.3 is 4.42 Å². The second kappa shape index (κ2) is 4.95. The molecule has 23 heavy (non-hydrogen) atoms. The van der Waals surface area contributed by atoms with E-state index >= 15 is 0 Å². The molecule has 2 aromatic rings. The third kappa shape index (κ3) is 2.15. The molecule has 0 aliphatic heterocycles. The van der Waals surface area contributed by atoms with E-state index in [-0.39, 0.29) is 10.8 Å². The van der Waals surface area contributed by atoms with Crippen LogP contribution in [0.15, 0.2) is 33.5 Å². The topological polar surface area (TPSA) is 30.2 Å². The molecular formula is C20H21BrO2. The fourth-order valence-electron chi connectivity index (χ4n) is 5.96. The van der Waals surface area contributed by atoms with Gasteiger partial charge >= 0.3 is 0 Å². The van der Waals surface area contributed by atoms with Crippen molar-refractivity contribution >= 4 is 26.9 Å². The van der Waals surface area contributed by atoms with Crippen LogP contribution in [-0.2, 0) is 10.7 Å². The molecule has 0 saturated heterocycles. The number of benzene rings is 1. The number of alkyl halides is 1. The van der Waals surface area contributed by atoms with Crippen molar-refractivity contribution in [2.45, 2.75) is 49.3 Å². The zero-order chi connectivity index (χ0) is 15.6. The lowest BCUT2D eigenvalue weighted by molar-refractivity contribution is -0.0150. The highest BCUT2D eigenvalue weighted by molar-refractivity contribution is 9.08. The molecule has 0 amide bonds. The number of rotatable bonds is 2. The van der Waals surface area contributed by atoms with Gasteiger partial charge in [0.15, 0.2) is 5.43 Å². The van der Waals surface area contributed by atoms with E-state index in [9.17, 15) is 4.79 Å². The van der Waals surface area contributed by atoms with Gasteiger partial charge in [-0.25, -0.2) is 0 Å². The molecule has 120 valence electrons. The fourth-order valence-corrected chi connectivity index (χ4v) is 6.31. The predicted octanol–water partition coefficient (Wildman–Crippen LogP) is 5.16. The molecule has 0 unspecified atom stereocenters. The first-order valence-electron chi connectivity index (χ1n) is 8.78. The second-order valence-electron chi connectivity index (χ2n) is 8.14. The molecule has 1 heterocycles. The molecule has 1 aromatic heterocycles. The highest BCUT2D eigenvalue weighted by Gasteiger charge is 2.53. The van der Waals surface area contributed by atoms with Gasteiger partial charge in [0.1, 0.15) is 11.3 Å². The van der Waals surface area contributed by atoms with Gasteiger partial charge in [0, 0.05) is 16.8 Å². The summed E-state index contributed by atoms with van der Waals surface area (Å²) < 4.78 is 6.31. The summed E-state index contributed by atoms with van der Waals surface area (Å²) in [5.74, 6) is 3.55. The van der Waals surface area contributed by atoms with Crippen LogP contribution >= 0.6 is 15.9 Å². The van der Waals surface area contributed by atoms with Crippen molar-refractivity contribution in [3.63, 3.8) is 0 Å². The summed E-state index contributed by atoms with van der Waals surface area (Å²) in [5, 5.41) is 1.48. The highest BCUT2D eigenvalue weighted by Crippen LogP contribution is 2.60. The van der Waals surface area contributed by atoms with Crippen molar-refractivity contribution in [3.05, 3.63) is 45.8 Å². The predicted molar refractivity (Wildman–Crippen MR) is 95.0 cm³/mol. The first-order chi connectivity index (χ1) is 11.1. The van der Waals surface area contributed by atoms with Crippen molar-refractivity contribution in [2.75, 3.05) is 0 Å². The Balaban J connectivity index is 1.65. The van der Waals surface area contributed by atoms with E-state index in [1.54, 1.807) is 0 Å². The van der Waals surface area contributed by atoms with Crippen molar-refractivity contribution in [3.8, 4) is 0 Å². The lowest BCUT2D eigenvalue weighted by Gasteiger charge is -2.56. The van der Waals surface area contributed by atoms with Gasteiger partial charge in [0.2, 0.25) is 0 Å². The van der Waals surface area contributed by atoms with Crippen LogP contribution in [0.5, 0.6) is 0 Å². The molecule has 0 N–H and O–H groups in total. The van der Waals surface area contributed by atoms with E-state index in [1.165, 1.54) is 38.5 Å². The molecule has 0 radical (unpaired) electrons. The van der Waals surface area contributed by atoms with Crippen molar-refractivity contribution in [1.82, 2.24) is 0 Å². The minimum atomic E-state index is 0.125. The Hall–Kier alpha value is -1.09. The van der Waals surface area contributed by atoms with Crippen LogP contribution in [0.2, 0.25) is 0 Å². The molecular weight excluding hydrogens is 352 g/mol. The Morgan fingerprint density at radius 3 is 2.30 bits per heavy atom. The molecule has 0 spiro atoms. The maximum Gasteiger partial charge on any atom is 0.192 e. The average molecular weight is 373 g/mol. The largest absolute Gasteiger partial charge is 0.460 e. The molecule has 3 heteroatoms. The highest BCUT2D eigenvalue weighted by atomic mass is 79.9. The Morgan fingerprint density at radius 2 is 1.70 bits per heavy atom. The molecule has 2 nitrogen and oxygen atoms in total. The monoisotopic (exact) mass is 372 g/mol. The lowest BCUT2D eigenvalue weighted by atomic mass is 9.49.